The second-order valence-corrected chi connectivity index (χ2v) is 9.99. The van der Waals surface area contributed by atoms with Crippen molar-refractivity contribution in [1.29, 1.82) is 5.41 Å². The van der Waals surface area contributed by atoms with E-state index < -0.39 is 0 Å². The summed E-state index contributed by atoms with van der Waals surface area (Å²) in [5.74, 6) is 2.16. The number of allylic oxidation sites excluding steroid dienone is 2. The van der Waals surface area contributed by atoms with E-state index in [4.69, 9.17) is 20.4 Å². The van der Waals surface area contributed by atoms with Crippen molar-refractivity contribution in [3.8, 4) is 45.3 Å². The van der Waals surface area contributed by atoms with Gasteiger partial charge in [-0.3, -0.25) is 0 Å². The molecule has 0 bridgehead atoms. The van der Waals surface area contributed by atoms with Crippen LogP contribution in [-0.2, 0) is 0 Å². The van der Waals surface area contributed by atoms with E-state index in [-0.39, 0.29) is 5.92 Å². The molecular weight excluding hydrogens is 488 g/mol. The average Bonchev–Trinajstić information content (AvgIpc) is 3.01. The molecule has 0 radical (unpaired) electrons. The van der Waals surface area contributed by atoms with E-state index in [1.54, 1.807) is 6.21 Å². The van der Waals surface area contributed by atoms with Crippen molar-refractivity contribution in [1.82, 2.24) is 15.0 Å². The molecule has 0 saturated heterocycles. The molecule has 4 heteroatoms. The minimum atomic E-state index is 0.222. The van der Waals surface area contributed by atoms with Crippen molar-refractivity contribution in [2.75, 3.05) is 0 Å². The number of fused-ring (bicyclic) bond motifs is 1. The lowest BCUT2D eigenvalue weighted by Gasteiger charge is -2.24. The number of benzene rings is 5. The Morgan fingerprint density at radius 2 is 1.12 bits per heavy atom. The molecule has 0 saturated carbocycles. The maximum atomic E-state index is 7.69. The van der Waals surface area contributed by atoms with Gasteiger partial charge in [0.2, 0.25) is 0 Å². The van der Waals surface area contributed by atoms with Gasteiger partial charge in [0.15, 0.2) is 17.5 Å². The summed E-state index contributed by atoms with van der Waals surface area (Å²) >= 11 is 0. The molecule has 7 rings (SSSR count). The van der Waals surface area contributed by atoms with Crippen LogP contribution in [0, 0.1) is 11.3 Å². The Hall–Kier alpha value is -5.22. The van der Waals surface area contributed by atoms with Crippen LogP contribution in [-0.4, -0.2) is 21.2 Å². The zero-order chi connectivity index (χ0) is 26.9. The average molecular weight is 515 g/mol. The van der Waals surface area contributed by atoms with Crippen LogP contribution in [0.25, 0.3) is 61.6 Å². The molecule has 1 unspecified atom stereocenters. The Balaban J connectivity index is 1.45. The number of hydrogen-bond acceptors (Lipinski definition) is 4. The van der Waals surface area contributed by atoms with E-state index in [1.807, 2.05) is 60.7 Å². The van der Waals surface area contributed by atoms with Gasteiger partial charge in [-0.2, -0.15) is 0 Å². The van der Waals surface area contributed by atoms with E-state index in [2.05, 4.69) is 66.7 Å². The SMILES string of the molecule is N=CC1CC=C1c1ccc(-c2ccc3ccccc3c2-c2nc(-c3ccccc3)nc(-c3ccccc3)n2)cc1. The molecule has 6 aromatic rings. The van der Waals surface area contributed by atoms with Gasteiger partial charge in [0, 0.05) is 28.8 Å². The molecule has 0 aliphatic heterocycles. The number of rotatable bonds is 6. The molecule has 0 spiro atoms. The van der Waals surface area contributed by atoms with Gasteiger partial charge in [-0.1, -0.05) is 127 Å². The minimum absolute atomic E-state index is 0.222. The molecule has 40 heavy (non-hydrogen) atoms. The summed E-state index contributed by atoms with van der Waals surface area (Å²) in [6.45, 7) is 0. The summed E-state index contributed by atoms with van der Waals surface area (Å²) in [5, 5.41) is 9.92. The summed E-state index contributed by atoms with van der Waals surface area (Å²) in [6, 6.07) is 41.6. The fraction of sp³-hybridized carbons (Fsp3) is 0.0556. The first-order chi connectivity index (χ1) is 19.8. The first-order valence-corrected chi connectivity index (χ1v) is 13.5. The Kier molecular flexibility index (Phi) is 6.06. The van der Waals surface area contributed by atoms with Gasteiger partial charge in [0.1, 0.15) is 0 Å². The number of nitrogens with zero attached hydrogens (tertiary/aromatic N) is 3. The summed E-state index contributed by atoms with van der Waals surface area (Å²) in [5.41, 5.74) is 7.46. The summed E-state index contributed by atoms with van der Waals surface area (Å²) < 4.78 is 0. The number of aromatic nitrogens is 3. The quantitative estimate of drug-likeness (QED) is 0.226. The van der Waals surface area contributed by atoms with Gasteiger partial charge in [0.05, 0.1) is 0 Å². The first kappa shape index (κ1) is 23.9. The lowest BCUT2D eigenvalue weighted by Crippen LogP contribution is -2.11. The molecule has 1 aliphatic rings. The predicted octanol–water partition coefficient (Wildman–Crippen LogP) is 8.75. The highest BCUT2D eigenvalue weighted by Gasteiger charge is 2.21. The van der Waals surface area contributed by atoms with Crippen LogP contribution < -0.4 is 0 Å². The highest BCUT2D eigenvalue weighted by Crippen LogP contribution is 2.39. The van der Waals surface area contributed by atoms with E-state index in [9.17, 15) is 0 Å². The molecule has 1 N–H and O–H groups in total. The van der Waals surface area contributed by atoms with Crippen LogP contribution >= 0.6 is 0 Å². The normalized spacial score (nSPS) is 14.4. The highest BCUT2D eigenvalue weighted by atomic mass is 15.0. The van der Waals surface area contributed by atoms with Gasteiger partial charge in [-0.05, 0) is 39.5 Å². The van der Waals surface area contributed by atoms with Crippen LogP contribution in [0.3, 0.4) is 0 Å². The molecule has 1 heterocycles. The smallest absolute Gasteiger partial charge is 0.165 e. The lowest BCUT2D eigenvalue weighted by atomic mass is 9.81. The monoisotopic (exact) mass is 514 g/mol. The molecule has 1 aliphatic carbocycles. The van der Waals surface area contributed by atoms with Gasteiger partial charge in [-0.25, -0.2) is 15.0 Å². The fourth-order valence-electron chi connectivity index (χ4n) is 5.38. The van der Waals surface area contributed by atoms with Crippen molar-refractivity contribution >= 4 is 22.6 Å². The Morgan fingerprint density at radius 3 is 1.73 bits per heavy atom. The number of nitrogens with one attached hydrogen (secondary N) is 1. The Morgan fingerprint density at radius 1 is 0.550 bits per heavy atom. The largest absolute Gasteiger partial charge is 0.312 e. The second-order valence-electron chi connectivity index (χ2n) is 9.99. The van der Waals surface area contributed by atoms with Crippen molar-refractivity contribution in [2.24, 2.45) is 5.92 Å². The van der Waals surface area contributed by atoms with E-state index in [1.165, 1.54) is 11.1 Å². The molecular formula is C36H26N4. The molecule has 1 atom stereocenters. The second kappa shape index (κ2) is 10.2. The van der Waals surface area contributed by atoms with E-state index in [0.29, 0.717) is 17.5 Å². The molecule has 0 amide bonds. The summed E-state index contributed by atoms with van der Waals surface area (Å²) in [4.78, 5) is 15.0. The fourth-order valence-corrected chi connectivity index (χ4v) is 5.38. The standard InChI is InChI=1S/C36H26N4/c37-23-29-20-21-30(29)25-15-17-26(18-16-25)32-22-19-24-9-7-8-14-31(24)33(32)36-39-34(27-10-3-1-4-11-27)38-35(40-36)28-12-5-2-6-13-28/h1-19,21-23,29,37H,20H2. The minimum Gasteiger partial charge on any atom is -0.312 e. The Bertz CT molecular complexity index is 1820. The molecule has 1 aromatic heterocycles. The summed E-state index contributed by atoms with van der Waals surface area (Å²) in [7, 11) is 0. The topological polar surface area (TPSA) is 62.5 Å². The van der Waals surface area contributed by atoms with E-state index >= 15 is 0 Å². The molecule has 5 aromatic carbocycles. The van der Waals surface area contributed by atoms with Gasteiger partial charge < -0.3 is 5.41 Å². The number of hydrogen-bond donors (Lipinski definition) is 1. The Labute approximate surface area is 233 Å². The van der Waals surface area contributed by atoms with Crippen molar-refractivity contribution < 1.29 is 0 Å². The van der Waals surface area contributed by atoms with Crippen LogP contribution in [0.15, 0.2) is 127 Å². The predicted molar refractivity (Wildman–Crippen MR) is 164 cm³/mol. The molecule has 4 nitrogen and oxygen atoms in total. The molecule has 190 valence electrons. The summed E-state index contributed by atoms with van der Waals surface area (Å²) in [6.07, 6.45) is 4.70. The maximum Gasteiger partial charge on any atom is 0.165 e. The third kappa shape index (κ3) is 4.30. The highest BCUT2D eigenvalue weighted by molar-refractivity contribution is 6.03. The van der Waals surface area contributed by atoms with Crippen LogP contribution in [0.5, 0.6) is 0 Å². The molecule has 0 fully saturated rings. The zero-order valence-electron chi connectivity index (χ0n) is 21.8. The first-order valence-electron chi connectivity index (χ1n) is 13.5. The van der Waals surface area contributed by atoms with Crippen LogP contribution in [0.2, 0.25) is 0 Å². The lowest BCUT2D eigenvalue weighted by molar-refractivity contribution is 0.846. The third-order valence-electron chi connectivity index (χ3n) is 7.57. The van der Waals surface area contributed by atoms with Gasteiger partial charge in [-0.15, -0.1) is 0 Å². The van der Waals surface area contributed by atoms with Crippen LogP contribution in [0.1, 0.15) is 12.0 Å². The van der Waals surface area contributed by atoms with Crippen molar-refractivity contribution in [2.45, 2.75) is 6.42 Å². The maximum absolute atomic E-state index is 7.69. The van der Waals surface area contributed by atoms with Crippen molar-refractivity contribution in [3.05, 3.63) is 133 Å². The van der Waals surface area contributed by atoms with Gasteiger partial charge >= 0.3 is 0 Å². The van der Waals surface area contributed by atoms with E-state index in [0.717, 1.165) is 45.0 Å². The third-order valence-corrected chi connectivity index (χ3v) is 7.57. The van der Waals surface area contributed by atoms with Gasteiger partial charge in [0.25, 0.3) is 0 Å². The van der Waals surface area contributed by atoms with Crippen molar-refractivity contribution in [3.63, 3.8) is 0 Å². The van der Waals surface area contributed by atoms with Crippen LogP contribution in [0.4, 0.5) is 0 Å². The zero-order valence-corrected chi connectivity index (χ0v) is 21.8.